The van der Waals surface area contributed by atoms with Crippen LogP contribution in [0.3, 0.4) is 0 Å². The van der Waals surface area contributed by atoms with Crippen LogP contribution >= 0.6 is 0 Å². The van der Waals surface area contributed by atoms with Crippen LogP contribution in [0.5, 0.6) is 5.88 Å². The van der Waals surface area contributed by atoms with Crippen molar-refractivity contribution in [2.24, 2.45) is 0 Å². The van der Waals surface area contributed by atoms with Crippen molar-refractivity contribution in [3.8, 4) is 5.88 Å². The second-order valence-electron chi connectivity index (χ2n) is 4.54. The number of nitrogen functional groups attached to an aromatic ring is 1. The summed E-state index contributed by atoms with van der Waals surface area (Å²) in [6.45, 7) is 5.85. The van der Waals surface area contributed by atoms with Crippen molar-refractivity contribution in [2.75, 3.05) is 12.8 Å². The third-order valence-electron chi connectivity index (χ3n) is 2.15. The van der Waals surface area contributed by atoms with Crippen LogP contribution in [0.4, 0.5) is 5.69 Å². The maximum atomic E-state index is 10.9. The van der Waals surface area contributed by atoms with E-state index in [0.717, 1.165) is 0 Å². The summed E-state index contributed by atoms with van der Waals surface area (Å²) in [6.07, 6.45) is 0. The molecule has 0 aliphatic carbocycles. The van der Waals surface area contributed by atoms with E-state index >= 15 is 0 Å². The summed E-state index contributed by atoms with van der Waals surface area (Å²) in [6, 6.07) is 1.38. The maximum Gasteiger partial charge on any atom is 0.341 e. The topological polar surface area (TPSA) is 85.4 Å². The Morgan fingerprint density at radius 2 is 2.06 bits per heavy atom. The number of aromatic nitrogens is 1. The number of carboxylic acid groups (broad SMARTS) is 1. The Labute approximate surface area is 94.2 Å². The van der Waals surface area contributed by atoms with E-state index in [0.29, 0.717) is 11.4 Å². The van der Waals surface area contributed by atoms with Crippen molar-refractivity contribution in [3.63, 3.8) is 0 Å². The summed E-state index contributed by atoms with van der Waals surface area (Å²) in [5.74, 6) is -1.01. The molecule has 1 aromatic rings. The number of carbonyl (C=O) groups is 1. The maximum absolute atomic E-state index is 10.9. The Bertz CT molecular complexity index is 422. The quantitative estimate of drug-likeness (QED) is 0.798. The number of hydrogen-bond acceptors (Lipinski definition) is 4. The Morgan fingerprint density at radius 1 is 1.50 bits per heavy atom. The third kappa shape index (κ3) is 2.24. The van der Waals surface area contributed by atoms with Gasteiger partial charge in [-0.2, -0.15) is 0 Å². The minimum Gasteiger partial charge on any atom is -0.480 e. The van der Waals surface area contributed by atoms with Crippen molar-refractivity contribution >= 4 is 11.7 Å². The zero-order chi connectivity index (χ0) is 12.5. The fourth-order valence-corrected chi connectivity index (χ4v) is 1.42. The fraction of sp³-hybridized carbons (Fsp3) is 0.455. The molecule has 0 fully saturated rings. The third-order valence-corrected chi connectivity index (χ3v) is 2.15. The largest absolute Gasteiger partial charge is 0.480 e. The molecule has 0 spiro atoms. The number of anilines is 1. The number of methoxy groups -OCH3 is 1. The predicted octanol–water partition coefficient (Wildman–Crippen LogP) is 1.67. The SMILES string of the molecule is COc1nc(C(C)(C)C)c(N)cc1C(=O)O. The number of ether oxygens (including phenoxy) is 1. The molecule has 1 aromatic heterocycles. The van der Waals surface area contributed by atoms with Gasteiger partial charge >= 0.3 is 5.97 Å². The van der Waals surface area contributed by atoms with E-state index in [4.69, 9.17) is 15.6 Å². The summed E-state index contributed by atoms with van der Waals surface area (Å²) < 4.78 is 4.95. The molecule has 0 saturated heterocycles. The van der Waals surface area contributed by atoms with Crippen LogP contribution in [0.25, 0.3) is 0 Å². The van der Waals surface area contributed by atoms with E-state index < -0.39 is 5.97 Å². The van der Waals surface area contributed by atoms with Gasteiger partial charge in [0.2, 0.25) is 5.88 Å². The molecule has 0 aliphatic heterocycles. The van der Waals surface area contributed by atoms with Gasteiger partial charge in [-0.3, -0.25) is 0 Å². The molecule has 0 amide bonds. The Hall–Kier alpha value is -1.78. The molecule has 0 unspecified atom stereocenters. The van der Waals surface area contributed by atoms with Crippen molar-refractivity contribution in [1.82, 2.24) is 4.98 Å². The highest BCUT2D eigenvalue weighted by molar-refractivity contribution is 5.91. The van der Waals surface area contributed by atoms with Crippen LogP contribution in [0.1, 0.15) is 36.8 Å². The number of nitrogens with two attached hydrogens (primary N) is 1. The molecule has 16 heavy (non-hydrogen) atoms. The second kappa shape index (κ2) is 4.00. The first kappa shape index (κ1) is 12.3. The van der Waals surface area contributed by atoms with Crippen LogP contribution in [0, 0.1) is 0 Å². The monoisotopic (exact) mass is 224 g/mol. The first-order valence-corrected chi connectivity index (χ1v) is 4.85. The van der Waals surface area contributed by atoms with Gasteiger partial charge in [-0.05, 0) is 6.07 Å². The summed E-state index contributed by atoms with van der Waals surface area (Å²) in [7, 11) is 1.39. The number of carboxylic acids is 1. The molecule has 1 heterocycles. The Kier molecular flexibility index (Phi) is 3.07. The number of hydrogen-bond donors (Lipinski definition) is 2. The van der Waals surface area contributed by atoms with E-state index in [1.54, 1.807) is 0 Å². The van der Waals surface area contributed by atoms with Gasteiger partial charge in [0.25, 0.3) is 0 Å². The van der Waals surface area contributed by atoms with Crippen LogP contribution in [-0.2, 0) is 5.41 Å². The van der Waals surface area contributed by atoms with Gasteiger partial charge in [0.05, 0.1) is 18.5 Å². The average molecular weight is 224 g/mol. The Morgan fingerprint density at radius 3 is 2.44 bits per heavy atom. The lowest BCUT2D eigenvalue weighted by molar-refractivity contribution is 0.0692. The zero-order valence-corrected chi connectivity index (χ0v) is 9.87. The molecule has 0 radical (unpaired) electrons. The molecule has 88 valence electrons. The second-order valence-corrected chi connectivity index (χ2v) is 4.54. The van der Waals surface area contributed by atoms with Gasteiger partial charge < -0.3 is 15.6 Å². The molecule has 0 atom stereocenters. The molecule has 0 aromatic carbocycles. The van der Waals surface area contributed by atoms with Crippen LogP contribution in [-0.4, -0.2) is 23.2 Å². The normalized spacial score (nSPS) is 11.2. The van der Waals surface area contributed by atoms with E-state index in [9.17, 15) is 4.79 Å². The minimum atomic E-state index is -1.10. The van der Waals surface area contributed by atoms with E-state index in [1.165, 1.54) is 13.2 Å². The van der Waals surface area contributed by atoms with Crippen LogP contribution in [0.2, 0.25) is 0 Å². The molecule has 0 aliphatic rings. The highest BCUT2D eigenvalue weighted by Gasteiger charge is 2.23. The first-order chi connectivity index (χ1) is 7.27. The summed E-state index contributed by atoms with van der Waals surface area (Å²) in [4.78, 5) is 15.1. The summed E-state index contributed by atoms with van der Waals surface area (Å²) >= 11 is 0. The molecule has 0 bridgehead atoms. The van der Waals surface area contributed by atoms with E-state index in [2.05, 4.69) is 4.98 Å². The minimum absolute atomic E-state index is 0.0204. The van der Waals surface area contributed by atoms with E-state index in [-0.39, 0.29) is 16.9 Å². The molecular weight excluding hydrogens is 208 g/mol. The fourth-order valence-electron chi connectivity index (χ4n) is 1.42. The molecule has 3 N–H and O–H groups in total. The number of nitrogens with zero attached hydrogens (tertiary/aromatic N) is 1. The smallest absolute Gasteiger partial charge is 0.341 e. The van der Waals surface area contributed by atoms with Gasteiger partial charge in [0.1, 0.15) is 5.56 Å². The van der Waals surface area contributed by atoms with Crippen LogP contribution in [0.15, 0.2) is 6.07 Å². The van der Waals surface area contributed by atoms with Crippen LogP contribution < -0.4 is 10.5 Å². The zero-order valence-electron chi connectivity index (χ0n) is 9.87. The lowest BCUT2D eigenvalue weighted by Gasteiger charge is -2.21. The standard InChI is InChI=1S/C11H16N2O3/c1-11(2,3)8-7(12)5-6(10(14)15)9(13-8)16-4/h5H,12H2,1-4H3,(H,14,15). The molecule has 1 rings (SSSR count). The van der Waals surface area contributed by atoms with Gasteiger partial charge in [0.15, 0.2) is 0 Å². The van der Waals surface area contributed by atoms with Crippen molar-refractivity contribution in [1.29, 1.82) is 0 Å². The average Bonchev–Trinajstić information content (AvgIpc) is 2.15. The van der Waals surface area contributed by atoms with Crippen molar-refractivity contribution in [2.45, 2.75) is 26.2 Å². The number of rotatable bonds is 2. The lowest BCUT2D eigenvalue weighted by Crippen LogP contribution is -2.18. The number of aromatic carboxylic acids is 1. The van der Waals surface area contributed by atoms with Gasteiger partial charge in [-0.1, -0.05) is 20.8 Å². The van der Waals surface area contributed by atoms with Gasteiger partial charge in [0, 0.05) is 5.41 Å². The molecule has 5 nitrogen and oxygen atoms in total. The summed E-state index contributed by atoms with van der Waals surface area (Å²) in [5, 5.41) is 8.94. The Balaban J connectivity index is 3.43. The predicted molar refractivity (Wildman–Crippen MR) is 60.9 cm³/mol. The highest BCUT2D eigenvalue weighted by Crippen LogP contribution is 2.30. The van der Waals surface area contributed by atoms with E-state index in [1.807, 2.05) is 20.8 Å². The molecule has 5 heteroatoms. The molecule has 0 saturated carbocycles. The first-order valence-electron chi connectivity index (χ1n) is 4.85. The number of pyridine rings is 1. The van der Waals surface area contributed by atoms with Gasteiger partial charge in [-0.25, -0.2) is 9.78 Å². The van der Waals surface area contributed by atoms with Gasteiger partial charge in [-0.15, -0.1) is 0 Å². The molecular formula is C11H16N2O3. The lowest BCUT2D eigenvalue weighted by atomic mass is 9.90. The summed E-state index contributed by atoms with van der Waals surface area (Å²) in [5.41, 5.74) is 6.51. The van der Waals surface area contributed by atoms with Crippen molar-refractivity contribution < 1.29 is 14.6 Å². The van der Waals surface area contributed by atoms with Crippen molar-refractivity contribution in [3.05, 3.63) is 17.3 Å². The highest BCUT2D eigenvalue weighted by atomic mass is 16.5.